The highest BCUT2D eigenvalue weighted by molar-refractivity contribution is 7.99. The van der Waals surface area contributed by atoms with E-state index in [4.69, 9.17) is 4.74 Å². The third-order valence-electron chi connectivity index (χ3n) is 4.19. The van der Waals surface area contributed by atoms with Gasteiger partial charge in [0.05, 0.1) is 7.11 Å². The normalized spacial score (nSPS) is 18.9. The largest absolute Gasteiger partial charge is 0.468 e. The number of esters is 1. The van der Waals surface area contributed by atoms with Gasteiger partial charge in [-0.1, -0.05) is 19.8 Å². The van der Waals surface area contributed by atoms with Crippen molar-refractivity contribution in [3.8, 4) is 0 Å². The molecule has 1 aliphatic carbocycles. The molecule has 0 aromatic rings. The van der Waals surface area contributed by atoms with Gasteiger partial charge in [-0.3, -0.25) is 4.79 Å². The molecule has 1 N–H and O–H groups in total. The van der Waals surface area contributed by atoms with Gasteiger partial charge in [0.1, 0.15) is 5.54 Å². The van der Waals surface area contributed by atoms with Crippen LogP contribution in [-0.2, 0) is 9.53 Å². The van der Waals surface area contributed by atoms with E-state index >= 15 is 0 Å². The lowest BCUT2D eigenvalue weighted by Crippen LogP contribution is -2.50. The molecule has 4 heteroatoms. The third-order valence-corrected chi connectivity index (χ3v) is 5.48. The molecule has 1 saturated carbocycles. The molecule has 1 unspecified atom stereocenters. The molecule has 118 valence electrons. The fourth-order valence-corrected chi connectivity index (χ4v) is 4.03. The average molecular weight is 301 g/mol. The molecule has 3 nitrogen and oxygen atoms in total. The van der Waals surface area contributed by atoms with Crippen molar-refractivity contribution in [2.75, 3.05) is 25.2 Å². The molecule has 20 heavy (non-hydrogen) atoms. The second kappa shape index (κ2) is 9.67. The van der Waals surface area contributed by atoms with E-state index in [1.807, 2.05) is 6.92 Å². The summed E-state index contributed by atoms with van der Waals surface area (Å²) in [5, 5.41) is 3.34. The number of hydrogen-bond acceptors (Lipinski definition) is 4. The Hall–Kier alpha value is -0.220. The topological polar surface area (TPSA) is 38.3 Å². The smallest absolute Gasteiger partial charge is 0.325 e. The summed E-state index contributed by atoms with van der Waals surface area (Å²) < 4.78 is 4.94. The molecular weight excluding hydrogens is 270 g/mol. The highest BCUT2D eigenvalue weighted by Gasteiger charge is 2.32. The van der Waals surface area contributed by atoms with Crippen LogP contribution in [0.25, 0.3) is 0 Å². The Kier molecular flexibility index (Phi) is 8.62. The van der Waals surface area contributed by atoms with Crippen LogP contribution >= 0.6 is 11.8 Å². The van der Waals surface area contributed by atoms with Gasteiger partial charge >= 0.3 is 5.97 Å². The van der Waals surface area contributed by atoms with Gasteiger partial charge in [-0.05, 0) is 63.0 Å². The molecular formula is C16H31NO2S. The van der Waals surface area contributed by atoms with E-state index < -0.39 is 5.54 Å². The first-order valence-corrected chi connectivity index (χ1v) is 9.19. The summed E-state index contributed by atoms with van der Waals surface area (Å²) in [4.78, 5) is 11.9. The number of rotatable bonds is 10. The lowest BCUT2D eigenvalue weighted by atomic mass is 9.96. The monoisotopic (exact) mass is 301 g/mol. The zero-order chi connectivity index (χ0) is 14.8. The van der Waals surface area contributed by atoms with E-state index in [2.05, 4.69) is 24.0 Å². The van der Waals surface area contributed by atoms with Crippen LogP contribution in [0.1, 0.15) is 58.8 Å². The van der Waals surface area contributed by atoms with Crippen molar-refractivity contribution in [1.82, 2.24) is 5.32 Å². The Balaban J connectivity index is 2.21. The van der Waals surface area contributed by atoms with Crippen LogP contribution in [0.15, 0.2) is 0 Å². The summed E-state index contributed by atoms with van der Waals surface area (Å²) in [6, 6.07) is 0. The van der Waals surface area contributed by atoms with Crippen LogP contribution in [0, 0.1) is 5.92 Å². The molecule has 0 aromatic carbocycles. The van der Waals surface area contributed by atoms with Gasteiger partial charge in [-0.15, -0.1) is 0 Å². The minimum atomic E-state index is -0.515. The van der Waals surface area contributed by atoms with Crippen LogP contribution in [0.4, 0.5) is 0 Å². The molecule has 1 fully saturated rings. The molecule has 0 aromatic heterocycles. The van der Waals surface area contributed by atoms with Crippen molar-refractivity contribution >= 4 is 17.7 Å². The first kappa shape index (κ1) is 17.8. The Morgan fingerprint density at radius 3 is 2.70 bits per heavy atom. The Bertz CT molecular complexity index is 280. The minimum absolute atomic E-state index is 0.133. The van der Waals surface area contributed by atoms with Gasteiger partial charge in [0.15, 0.2) is 0 Å². The number of hydrogen-bond donors (Lipinski definition) is 1. The molecule has 0 radical (unpaired) electrons. The molecule has 0 spiro atoms. The van der Waals surface area contributed by atoms with Crippen molar-refractivity contribution in [2.45, 2.75) is 64.3 Å². The summed E-state index contributed by atoms with van der Waals surface area (Å²) >= 11 is 2.05. The van der Waals surface area contributed by atoms with Crippen molar-refractivity contribution in [1.29, 1.82) is 0 Å². The van der Waals surface area contributed by atoms with Gasteiger partial charge in [-0.2, -0.15) is 11.8 Å². The molecule has 0 saturated heterocycles. The van der Waals surface area contributed by atoms with Crippen molar-refractivity contribution < 1.29 is 9.53 Å². The van der Waals surface area contributed by atoms with Crippen molar-refractivity contribution in [3.63, 3.8) is 0 Å². The maximum atomic E-state index is 11.9. The van der Waals surface area contributed by atoms with Gasteiger partial charge in [0, 0.05) is 0 Å². The van der Waals surface area contributed by atoms with Gasteiger partial charge in [-0.25, -0.2) is 0 Å². The van der Waals surface area contributed by atoms with E-state index in [9.17, 15) is 4.79 Å². The zero-order valence-electron chi connectivity index (χ0n) is 13.4. The summed E-state index contributed by atoms with van der Waals surface area (Å²) in [5.41, 5.74) is -0.515. The number of ether oxygens (including phenoxy) is 1. The van der Waals surface area contributed by atoms with Crippen LogP contribution in [0.5, 0.6) is 0 Å². The van der Waals surface area contributed by atoms with E-state index in [1.54, 1.807) is 0 Å². The van der Waals surface area contributed by atoms with E-state index in [-0.39, 0.29) is 5.97 Å². The molecule has 1 rings (SSSR count). The van der Waals surface area contributed by atoms with Crippen LogP contribution in [0.2, 0.25) is 0 Å². The van der Waals surface area contributed by atoms with Crippen LogP contribution in [0.3, 0.4) is 0 Å². The number of nitrogens with one attached hydrogen (secondary N) is 1. The lowest BCUT2D eigenvalue weighted by Gasteiger charge is -2.28. The fraction of sp³-hybridized carbons (Fsp3) is 0.938. The standard InChI is InChI=1S/C16H31NO2S/c1-4-11-17-16(2,15(18)19-3)10-7-12-20-13-14-8-5-6-9-14/h14,17H,4-13H2,1-3H3. The summed E-state index contributed by atoms with van der Waals surface area (Å²) in [6.07, 6.45) is 8.65. The molecule has 1 atom stereocenters. The van der Waals surface area contributed by atoms with Crippen molar-refractivity contribution in [2.24, 2.45) is 5.92 Å². The molecule has 1 aliphatic rings. The number of carbonyl (C=O) groups excluding carboxylic acids is 1. The third kappa shape index (κ3) is 6.04. The van der Waals surface area contributed by atoms with E-state index in [0.717, 1.165) is 37.5 Å². The van der Waals surface area contributed by atoms with Gasteiger partial charge in [0.2, 0.25) is 0 Å². The molecule has 0 bridgehead atoms. The first-order valence-electron chi connectivity index (χ1n) is 8.03. The predicted molar refractivity (Wildman–Crippen MR) is 87.2 cm³/mol. The average Bonchev–Trinajstić information content (AvgIpc) is 2.97. The number of methoxy groups -OCH3 is 1. The van der Waals surface area contributed by atoms with Gasteiger partial charge < -0.3 is 10.1 Å². The SMILES string of the molecule is CCCNC(C)(CCCSCC1CCCC1)C(=O)OC. The highest BCUT2D eigenvalue weighted by Crippen LogP contribution is 2.28. The first-order chi connectivity index (χ1) is 9.62. The van der Waals surface area contributed by atoms with Crippen LogP contribution in [-0.4, -0.2) is 36.7 Å². The quantitative estimate of drug-likeness (QED) is 0.494. The predicted octanol–water partition coefficient (Wildman–Crippen LogP) is 3.62. The molecule has 0 amide bonds. The minimum Gasteiger partial charge on any atom is -0.468 e. The second-order valence-corrected chi connectivity index (χ2v) is 7.23. The van der Waals surface area contributed by atoms with Crippen molar-refractivity contribution in [3.05, 3.63) is 0 Å². The Morgan fingerprint density at radius 2 is 2.10 bits per heavy atom. The summed E-state index contributed by atoms with van der Waals surface area (Å²) in [7, 11) is 1.48. The maximum absolute atomic E-state index is 11.9. The molecule has 0 aliphatic heterocycles. The Morgan fingerprint density at radius 1 is 1.40 bits per heavy atom. The molecule has 0 heterocycles. The second-order valence-electron chi connectivity index (χ2n) is 6.08. The summed E-state index contributed by atoms with van der Waals surface area (Å²) in [6.45, 7) is 4.94. The lowest BCUT2D eigenvalue weighted by molar-refractivity contribution is -0.148. The summed E-state index contributed by atoms with van der Waals surface area (Å²) in [5.74, 6) is 3.27. The van der Waals surface area contributed by atoms with Crippen LogP contribution < -0.4 is 5.32 Å². The van der Waals surface area contributed by atoms with E-state index in [0.29, 0.717) is 0 Å². The van der Waals surface area contributed by atoms with E-state index in [1.165, 1.54) is 38.5 Å². The highest BCUT2D eigenvalue weighted by atomic mass is 32.2. The fourth-order valence-electron chi connectivity index (χ4n) is 2.84. The number of thioether (sulfide) groups is 1. The maximum Gasteiger partial charge on any atom is 0.325 e. The number of carbonyl (C=O) groups is 1. The van der Waals surface area contributed by atoms with Gasteiger partial charge in [0.25, 0.3) is 0 Å². The Labute approximate surface area is 128 Å². The zero-order valence-corrected chi connectivity index (χ0v) is 14.2.